The number of benzene rings is 1. The molecule has 0 fully saturated rings. The first-order valence-corrected chi connectivity index (χ1v) is 12.2. The van der Waals surface area contributed by atoms with Crippen LogP contribution >= 0.6 is 0 Å². The van der Waals surface area contributed by atoms with Crippen molar-refractivity contribution >= 4 is 5.70 Å². The lowest BCUT2D eigenvalue weighted by atomic mass is 9.95. The van der Waals surface area contributed by atoms with Gasteiger partial charge in [-0.1, -0.05) is 6.08 Å². The molecule has 0 saturated carbocycles. The Kier molecular flexibility index (Phi) is 7.26. The number of halogens is 4. The van der Waals surface area contributed by atoms with E-state index in [4.69, 9.17) is 4.74 Å². The van der Waals surface area contributed by atoms with Crippen LogP contribution in [0.5, 0.6) is 5.75 Å². The first-order chi connectivity index (χ1) is 18.2. The topological polar surface area (TPSA) is 77.0 Å². The average molecular weight is 533 g/mol. The molecule has 2 aromatic rings. The van der Waals surface area contributed by atoms with Crippen LogP contribution < -0.4 is 10.3 Å². The molecule has 1 aromatic heterocycles. The van der Waals surface area contributed by atoms with E-state index in [-0.39, 0.29) is 25.0 Å². The van der Waals surface area contributed by atoms with Crippen LogP contribution in [0.3, 0.4) is 0 Å². The maximum Gasteiger partial charge on any atom is 0.406 e. The van der Waals surface area contributed by atoms with Crippen LogP contribution in [0.1, 0.15) is 30.4 Å². The Bertz CT molecular complexity index is 1220. The van der Waals surface area contributed by atoms with Gasteiger partial charge in [-0.25, -0.2) is 14.4 Å². The summed E-state index contributed by atoms with van der Waals surface area (Å²) < 4.78 is 60.9. The highest BCUT2D eigenvalue weighted by Crippen LogP contribution is 2.37. The van der Waals surface area contributed by atoms with Crippen LogP contribution in [-0.2, 0) is 6.61 Å². The van der Waals surface area contributed by atoms with E-state index in [1.54, 1.807) is 35.7 Å². The summed E-state index contributed by atoms with van der Waals surface area (Å²) in [4.78, 5) is 8.78. The van der Waals surface area contributed by atoms with Crippen LogP contribution in [-0.4, -0.2) is 68.2 Å². The van der Waals surface area contributed by atoms with E-state index in [0.29, 0.717) is 17.9 Å². The summed E-state index contributed by atoms with van der Waals surface area (Å²) in [6.07, 6.45) is 2.70. The number of alkyl halides is 4. The fraction of sp³-hybridized carbons (Fsp3) is 0.385. The molecule has 2 aliphatic heterocycles. The van der Waals surface area contributed by atoms with E-state index in [9.17, 15) is 22.7 Å². The fourth-order valence-corrected chi connectivity index (χ4v) is 4.94. The molecule has 1 aliphatic carbocycles. The third kappa shape index (κ3) is 5.60. The van der Waals surface area contributed by atoms with Crippen molar-refractivity contribution in [3.05, 3.63) is 83.7 Å². The maximum absolute atomic E-state index is 14.7. The normalized spacial score (nSPS) is 23.9. The molecular weight excluding hydrogens is 504 g/mol. The zero-order valence-corrected chi connectivity index (χ0v) is 20.6. The van der Waals surface area contributed by atoms with Gasteiger partial charge in [-0.2, -0.15) is 13.2 Å². The van der Waals surface area contributed by atoms with Crippen molar-refractivity contribution in [1.29, 1.82) is 0 Å². The quantitative estimate of drug-likeness (QED) is 0.543. The van der Waals surface area contributed by atoms with Gasteiger partial charge >= 0.3 is 6.18 Å². The highest BCUT2D eigenvalue weighted by Gasteiger charge is 2.43. The Labute approximate surface area is 217 Å². The number of nitrogens with one attached hydrogen (secondary N) is 1. The maximum atomic E-state index is 14.7. The molecule has 0 radical (unpaired) electrons. The summed E-state index contributed by atoms with van der Waals surface area (Å²) >= 11 is 0. The molecule has 3 heterocycles. The standard InChI is InChI=1S/C26H28F4N6O2/c1-34-24(18-5-7-19(8-6-18)38-14-17-11-31-16-32-12-17)13-36(33-34)23-10-9-20-21(27)3-2-4-22(20)35(25(23)37)15-26(28,29)30/h2,4-8,11-13,16,21,23,25,33,37H,3,9-10,14-15H2,1H3. The molecule has 12 heteroatoms. The fourth-order valence-electron chi connectivity index (χ4n) is 4.94. The number of allylic oxidation sites excluding steroid dienone is 3. The third-order valence-electron chi connectivity index (χ3n) is 6.77. The number of rotatable bonds is 6. The second-order valence-corrected chi connectivity index (χ2v) is 9.42. The lowest BCUT2D eigenvalue weighted by Crippen LogP contribution is -2.55. The first kappa shape index (κ1) is 26.0. The van der Waals surface area contributed by atoms with Gasteiger partial charge < -0.3 is 14.7 Å². The predicted molar refractivity (Wildman–Crippen MR) is 131 cm³/mol. The van der Waals surface area contributed by atoms with E-state index < -0.39 is 31.2 Å². The molecule has 3 aliphatic rings. The van der Waals surface area contributed by atoms with Crippen LogP contribution in [0.25, 0.3) is 5.70 Å². The van der Waals surface area contributed by atoms with Crippen LogP contribution in [0.15, 0.2) is 72.6 Å². The summed E-state index contributed by atoms with van der Waals surface area (Å²) in [5.41, 5.74) is 5.92. The SMILES string of the molecule is CN1NN(C2CCC3=C(C=CCC3F)N(CC(F)(F)F)C2O)C=C1c1ccc(OCc2cncnc2)cc1. The predicted octanol–water partition coefficient (Wildman–Crippen LogP) is 3.92. The van der Waals surface area contributed by atoms with Crippen molar-refractivity contribution < 1.29 is 27.4 Å². The van der Waals surface area contributed by atoms with Crippen LogP contribution in [0, 0.1) is 0 Å². The molecule has 3 atom stereocenters. The van der Waals surface area contributed by atoms with E-state index >= 15 is 0 Å². The number of hydrogen-bond donors (Lipinski definition) is 2. The van der Waals surface area contributed by atoms with Crippen LogP contribution in [0.4, 0.5) is 17.6 Å². The van der Waals surface area contributed by atoms with Crippen LogP contribution in [0.2, 0.25) is 0 Å². The lowest BCUT2D eigenvalue weighted by Gasteiger charge is -2.38. The van der Waals surface area contributed by atoms with Gasteiger partial charge in [0.2, 0.25) is 0 Å². The second kappa shape index (κ2) is 10.6. The van der Waals surface area contributed by atoms with Crippen molar-refractivity contribution in [2.45, 2.75) is 50.5 Å². The minimum absolute atomic E-state index is 0.116. The number of ether oxygens (including phenoxy) is 1. The highest BCUT2D eigenvalue weighted by molar-refractivity contribution is 5.65. The molecular formula is C26H28F4N6O2. The zero-order chi connectivity index (χ0) is 26.9. The van der Waals surface area contributed by atoms with Gasteiger partial charge in [0.05, 0.1) is 11.7 Å². The van der Waals surface area contributed by atoms with Crippen molar-refractivity contribution in [2.24, 2.45) is 0 Å². The smallest absolute Gasteiger partial charge is 0.406 e. The van der Waals surface area contributed by atoms with Gasteiger partial charge in [0.15, 0.2) is 0 Å². The molecule has 0 bridgehead atoms. The van der Waals surface area contributed by atoms with Gasteiger partial charge in [0.25, 0.3) is 0 Å². The molecule has 8 nitrogen and oxygen atoms in total. The van der Waals surface area contributed by atoms with Gasteiger partial charge in [-0.05, 0) is 48.8 Å². The molecule has 0 saturated heterocycles. The highest BCUT2D eigenvalue weighted by atomic mass is 19.4. The monoisotopic (exact) mass is 532 g/mol. The number of hydrogen-bond acceptors (Lipinski definition) is 8. The Morgan fingerprint density at radius 2 is 1.89 bits per heavy atom. The van der Waals surface area contributed by atoms with Crippen molar-refractivity contribution in [1.82, 2.24) is 30.4 Å². The number of hydrazine groups is 2. The summed E-state index contributed by atoms with van der Waals surface area (Å²) in [5.74, 6) is 0.649. The first-order valence-electron chi connectivity index (χ1n) is 12.2. The third-order valence-corrected chi connectivity index (χ3v) is 6.77. The largest absolute Gasteiger partial charge is 0.489 e. The molecule has 38 heavy (non-hydrogen) atoms. The van der Waals surface area contributed by atoms with Gasteiger partial charge in [0, 0.05) is 48.9 Å². The molecule has 5 rings (SSSR count). The molecule has 2 N–H and O–H groups in total. The van der Waals surface area contributed by atoms with Crippen molar-refractivity contribution in [3.8, 4) is 5.75 Å². The molecule has 202 valence electrons. The molecule has 1 aromatic carbocycles. The van der Waals surface area contributed by atoms with Gasteiger partial charge in [0.1, 0.15) is 37.6 Å². The number of nitrogens with zero attached hydrogens (tertiary/aromatic N) is 5. The average Bonchev–Trinajstić information content (AvgIpc) is 3.22. The summed E-state index contributed by atoms with van der Waals surface area (Å²) in [6.45, 7) is -1.06. The van der Waals surface area contributed by atoms with Gasteiger partial charge in [-0.3, -0.25) is 10.0 Å². The lowest BCUT2D eigenvalue weighted by molar-refractivity contribution is -0.166. The molecule has 0 spiro atoms. The van der Waals surface area contributed by atoms with Gasteiger partial charge in [-0.15, -0.1) is 5.53 Å². The van der Waals surface area contributed by atoms with E-state index in [1.807, 2.05) is 24.3 Å². The van der Waals surface area contributed by atoms with E-state index in [2.05, 4.69) is 15.5 Å². The van der Waals surface area contributed by atoms with Crippen molar-refractivity contribution in [3.63, 3.8) is 0 Å². The minimum atomic E-state index is -4.57. The number of aromatic nitrogens is 2. The Morgan fingerprint density at radius 1 is 1.16 bits per heavy atom. The Hall–Kier alpha value is -3.64. The number of aliphatic hydroxyl groups is 1. The second-order valence-electron chi connectivity index (χ2n) is 9.42. The Morgan fingerprint density at radius 3 is 2.61 bits per heavy atom. The van der Waals surface area contributed by atoms with Crippen molar-refractivity contribution in [2.75, 3.05) is 13.6 Å². The Balaban J connectivity index is 1.33. The van der Waals surface area contributed by atoms with E-state index in [0.717, 1.165) is 21.7 Å². The minimum Gasteiger partial charge on any atom is -0.489 e. The molecule has 0 amide bonds. The molecule has 3 unspecified atom stereocenters. The summed E-state index contributed by atoms with van der Waals surface area (Å²) in [7, 11) is 1.77. The number of aliphatic hydroxyl groups excluding tert-OH is 1. The summed E-state index contributed by atoms with van der Waals surface area (Å²) in [6, 6.07) is 6.59. The summed E-state index contributed by atoms with van der Waals surface area (Å²) in [5, 5.41) is 14.5. The van der Waals surface area contributed by atoms with E-state index in [1.165, 1.54) is 18.5 Å². The zero-order valence-electron chi connectivity index (χ0n) is 20.6.